The molecule has 1 aliphatic heterocycles. The van der Waals surface area contributed by atoms with E-state index in [2.05, 4.69) is 10.5 Å². The maximum Gasteiger partial charge on any atom is 0.271 e. The van der Waals surface area contributed by atoms with Crippen molar-refractivity contribution in [2.45, 2.75) is 17.7 Å². The highest BCUT2D eigenvalue weighted by atomic mass is 32.2. The molecule has 0 radical (unpaired) electrons. The summed E-state index contributed by atoms with van der Waals surface area (Å²) in [5, 5.41) is 8.87. The van der Waals surface area contributed by atoms with Gasteiger partial charge in [0, 0.05) is 36.0 Å². The molecule has 4 aromatic rings. The van der Waals surface area contributed by atoms with E-state index in [1.807, 2.05) is 66.9 Å². The first-order valence-electron chi connectivity index (χ1n) is 11.7. The van der Waals surface area contributed by atoms with Crippen LogP contribution in [-0.2, 0) is 10.0 Å². The fraction of sp³-hybridized carbons (Fsp3) is 0.148. The standard InChI is InChI=1S/C27H25N5O3S/c33-27(22-12-9-15-25(18-22)36(34,35)31-16-7-8-17-31)29-28-19-23-20-32(24-13-5-2-6-14-24)30-26(23)21-10-3-1-4-11-21/h1-6,9-15,18-20H,7-8,16-17H2,(H,29,33)/b28-19-. The normalized spacial score (nSPS) is 14.3. The van der Waals surface area contributed by atoms with E-state index in [0.717, 1.165) is 35.3 Å². The van der Waals surface area contributed by atoms with Gasteiger partial charge in [0.25, 0.3) is 5.91 Å². The van der Waals surface area contributed by atoms with Gasteiger partial charge in [0.15, 0.2) is 0 Å². The number of hydrogen-bond donors (Lipinski definition) is 1. The Balaban J connectivity index is 1.37. The Kier molecular flexibility index (Phi) is 6.75. The molecule has 1 aromatic heterocycles. The number of carbonyl (C=O) groups is 1. The molecule has 1 N–H and O–H groups in total. The van der Waals surface area contributed by atoms with E-state index in [4.69, 9.17) is 5.10 Å². The van der Waals surface area contributed by atoms with Crippen LogP contribution in [0, 0.1) is 0 Å². The molecule has 0 aliphatic carbocycles. The summed E-state index contributed by atoms with van der Waals surface area (Å²) < 4.78 is 28.9. The minimum absolute atomic E-state index is 0.108. The van der Waals surface area contributed by atoms with Crippen LogP contribution in [0.3, 0.4) is 0 Å². The molecule has 36 heavy (non-hydrogen) atoms. The Bertz CT molecular complexity index is 1490. The van der Waals surface area contributed by atoms with Crippen LogP contribution >= 0.6 is 0 Å². The van der Waals surface area contributed by atoms with E-state index in [-0.39, 0.29) is 10.5 Å². The number of hydrazone groups is 1. The van der Waals surface area contributed by atoms with Crippen molar-refractivity contribution in [1.82, 2.24) is 19.5 Å². The smallest absolute Gasteiger partial charge is 0.267 e. The van der Waals surface area contributed by atoms with Crippen molar-refractivity contribution >= 4 is 22.1 Å². The number of para-hydroxylation sites is 1. The van der Waals surface area contributed by atoms with Crippen LogP contribution in [0.4, 0.5) is 0 Å². The fourth-order valence-electron chi connectivity index (χ4n) is 4.12. The van der Waals surface area contributed by atoms with Crippen molar-refractivity contribution in [3.05, 3.63) is 102 Å². The van der Waals surface area contributed by atoms with Crippen LogP contribution in [0.15, 0.2) is 101 Å². The molecule has 0 bridgehead atoms. The van der Waals surface area contributed by atoms with Crippen molar-refractivity contribution in [1.29, 1.82) is 0 Å². The summed E-state index contributed by atoms with van der Waals surface area (Å²) in [4.78, 5) is 12.9. The SMILES string of the molecule is O=C(N/N=C\c1cn(-c2ccccc2)nc1-c1ccccc1)c1cccc(S(=O)(=O)N2CCCC2)c1. The molecule has 1 aliphatic rings. The van der Waals surface area contributed by atoms with Gasteiger partial charge in [0.05, 0.1) is 16.8 Å². The molecule has 2 heterocycles. The molecule has 0 atom stereocenters. The van der Waals surface area contributed by atoms with Crippen LogP contribution in [0.5, 0.6) is 0 Å². The lowest BCUT2D eigenvalue weighted by atomic mass is 10.1. The van der Waals surface area contributed by atoms with Crippen molar-refractivity contribution in [2.24, 2.45) is 5.10 Å². The minimum atomic E-state index is -3.61. The van der Waals surface area contributed by atoms with Gasteiger partial charge in [0.1, 0.15) is 5.69 Å². The van der Waals surface area contributed by atoms with Gasteiger partial charge in [0.2, 0.25) is 10.0 Å². The zero-order chi connectivity index (χ0) is 25.0. The number of benzene rings is 3. The molecule has 8 nitrogen and oxygen atoms in total. The van der Waals surface area contributed by atoms with Crippen molar-refractivity contribution < 1.29 is 13.2 Å². The Hall–Kier alpha value is -4.08. The van der Waals surface area contributed by atoms with Gasteiger partial charge in [-0.25, -0.2) is 18.5 Å². The van der Waals surface area contributed by atoms with Crippen molar-refractivity contribution in [3.8, 4) is 16.9 Å². The number of hydrogen-bond acceptors (Lipinski definition) is 5. The maximum absolute atomic E-state index is 12.9. The number of amides is 1. The predicted molar refractivity (Wildman–Crippen MR) is 138 cm³/mol. The predicted octanol–water partition coefficient (Wildman–Crippen LogP) is 4.09. The Morgan fingerprint density at radius 3 is 2.33 bits per heavy atom. The number of nitrogens with zero attached hydrogens (tertiary/aromatic N) is 4. The monoisotopic (exact) mass is 499 g/mol. The molecule has 1 amide bonds. The number of nitrogens with one attached hydrogen (secondary N) is 1. The summed E-state index contributed by atoms with van der Waals surface area (Å²) in [6.07, 6.45) is 5.08. The first-order valence-corrected chi connectivity index (χ1v) is 13.1. The molecule has 0 spiro atoms. The van der Waals surface area contributed by atoms with Gasteiger partial charge in [-0.1, -0.05) is 54.6 Å². The zero-order valence-corrected chi connectivity index (χ0v) is 20.3. The van der Waals surface area contributed by atoms with Crippen molar-refractivity contribution in [2.75, 3.05) is 13.1 Å². The summed E-state index contributed by atoms with van der Waals surface area (Å²) in [5.41, 5.74) is 5.98. The maximum atomic E-state index is 12.9. The lowest BCUT2D eigenvalue weighted by molar-refractivity contribution is 0.0955. The molecule has 9 heteroatoms. The third kappa shape index (κ3) is 4.98. The fourth-order valence-corrected chi connectivity index (χ4v) is 5.68. The average molecular weight is 500 g/mol. The largest absolute Gasteiger partial charge is 0.271 e. The highest BCUT2D eigenvalue weighted by molar-refractivity contribution is 7.89. The highest BCUT2D eigenvalue weighted by Crippen LogP contribution is 2.23. The zero-order valence-electron chi connectivity index (χ0n) is 19.5. The Morgan fingerprint density at radius 2 is 1.61 bits per heavy atom. The lowest BCUT2D eigenvalue weighted by Gasteiger charge is -2.15. The molecule has 0 unspecified atom stereocenters. The van der Waals surface area contributed by atoms with Gasteiger partial charge >= 0.3 is 0 Å². The van der Waals surface area contributed by atoms with Crippen LogP contribution in [-0.4, -0.2) is 47.7 Å². The van der Waals surface area contributed by atoms with Gasteiger partial charge in [-0.3, -0.25) is 4.79 Å². The third-order valence-electron chi connectivity index (χ3n) is 5.98. The molecule has 1 saturated heterocycles. The second kappa shape index (κ2) is 10.3. The number of rotatable bonds is 7. The van der Waals surface area contributed by atoms with E-state index >= 15 is 0 Å². The highest BCUT2D eigenvalue weighted by Gasteiger charge is 2.27. The lowest BCUT2D eigenvalue weighted by Crippen LogP contribution is -2.28. The summed E-state index contributed by atoms with van der Waals surface area (Å²) in [6, 6.07) is 25.5. The summed E-state index contributed by atoms with van der Waals surface area (Å²) >= 11 is 0. The van der Waals surface area contributed by atoms with Crippen LogP contribution in [0.2, 0.25) is 0 Å². The van der Waals surface area contributed by atoms with E-state index in [1.54, 1.807) is 16.8 Å². The van der Waals surface area contributed by atoms with Gasteiger partial charge in [-0.2, -0.15) is 14.5 Å². The van der Waals surface area contributed by atoms with Crippen molar-refractivity contribution in [3.63, 3.8) is 0 Å². The summed E-state index contributed by atoms with van der Waals surface area (Å²) in [5.74, 6) is -0.499. The Labute approximate surface area is 209 Å². The first kappa shape index (κ1) is 23.7. The molecule has 5 rings (SSSR count). The summed E-state index contributed by atoms with van der Waals surface area (Å²) in [7, 11) is -3.61. The quantitative estimate of drug-likeness (QED) is 0.306. The van der Waals surface area contributed by atoms with Crippen LogP contribution < -0.4 is 5.43 Å². The number of sulfonamides is 1. The third-order valence-corrected chi connectivity index (χ3v) is 7.87. The number of carbonyl (C=O) groups excluding carboxylic acids is 1. The van der Waals surface area contributed by atoms with E-state index in [1.165, 1.54) is 22.7 Å². The van der Waals surface area contributed by atoms with E-state index in [0.29, 0.717) is 13.1 Å². The van der Waals surface area contributed by atoms with Gasteiger partial charge < -0.3 is 0 Å². The molecular weight excluding hydrogens is 474 g/mol. The van der Waals surface area contributed by atoms with Gasteiger partial charge in [-0.15, -0.1) is 0 Å². The second-order valence-corrected chi connectivity index (χ2v) is 10.4. The van der Waals surface area contributed by atoms with Crippen LogP contribution in [0.1, 0.15) is 28.8 Å². The van der Waals surface area contributed by atoms with E-state index in [9.17, 15) is 13.2 Å². The minimum Gasteiger partial charge on any atom is -0.267 e. The average Bonchev–Trinajstić information content (AvgIpc) is 3.61. The van der Waals surface area contributed by atoms with E-state index < -0.39 is 15.9 Å². The molecule has 0 saturated carbocycles. The molecule has 1 fully saturated rings. The summed E-state index contributed by atoms with van der Waals surface area (Å²) in [6.45, 7) is 1.01. The Morgan fingerprint density at radius 1 is 0.917 bits per heavy atom. The first-order chi connectivity index (χ1) is 17.5. The van der Waals surface area contributed by atoms with Crippen LogP contribution in [0.25, 0.3) is 16.9 Å². The molecule has 182 valence electrons. The topological polar surface area (TPSA) is 96.7 Å². The van der Waals surface area contributed by atoms with Gasteiger partial charge in [-0.05, 0) is 43.2 Å². The second-order valence-electron chi connectivity index (χ2n) is 8.42. The number of aromatic nitrogens is 2. The molecular formula is C27H25N5O3S. The molecule has 3 aromatic carbocycles.